The van der Waals surface area contributed by atoms with E-state index in [1.807, 2.05) is 6.92 Å². The summed E-state index contributed by atoms with van der Waals surface area (Å²) in [5, 5.41) is 14.6. The van der Waals surface area contributed by atoms with E-state index >= 15 is 0 Å². The van der Waals surface area contributed by atoms with Crippen molar-refractivity contribution in [1.82, 2.24) is 10.6 Å². The molecule has 1 aromatic carbocycles. The number of carboxylic acids is 1. The lowest BCUT2D eigenvalue weighted by Gasteiger charge is -2.14. The van der Waals surface area contributed by atoms with Gasteiger partial charge in [-0.05, 0) is 37.6 Å². The highest BCUT2D eigenvalue weighted by Gasteiger charge is 2.10. The van der Waals surface area contributed by atoms with Crippen LogP contribution in [0.4, 0.5) is 0 Å². The molecule has 6 nitrogen and oxygen atoms in total. The smallest absolute Gasteiger partial charge is 0.335 e. The van der Waals surface area contributed by atoms with Gasteiger partial charge in [-0.15, -0.1) is 0 Å². The second-order valence-corrected chi connectivity index (χ2v) is 4.64. The van der Waals surface area contributed by atoms with Gasteiger partial charge in [0, 0.05) is 13.1 Å². The van der Waals surface area contributed by atoms with Gasteiger partial charge in [-0.2, -0.15) is 0 Å². The Hall–Kier alpha value is -2.08. The van der Waals surface area contributed by atoms with E-state index < -0.39 is 5.97 Å². The molecule has 3 N–H and O–H groups in total. The third kappa shape index (κ3) is 6.27. The Bertz CT molecular complexity index is 459. The van der Waals surface area contributed by atoms with Crippen LogP contribution in [0.3, 0.4) is 0 Å². The van der Waals surface area contributed by atoms with Gasteiger partial charge in [0.05, 0.1) is 11.6 Å². The average Bonchev–Trinajstić information content (AvgIpc) is 2.49. The summed E-state index contributed by atoms with van der Waals surface area (Å²) < 4.78 is 5.46. The molecular formula is C15H22N2O4. The van der Waals surface area contributed by atoms with Gasteiger partial charge >= 0.3 is 5.97 Å². The van der Waals surface area contributed by atoms with E-state index in [1.54, 1.807) is 19.1 Å². The quantitative estimate of drug-likeness (QED) is 0.597. The van der Waals surface area contributed by atoms with Crippen molar-refractivity contribution in [3.63, 3.8) is 0 Å². The van der Waals surface area contributed by atoms with Crippen LogP contribution in [0.1, 0.15) is 30.6 Å². The number of carbonyl (C=O) groups is 2. The second kappa shape index (κ2) is 8.97. The zero-order valence-corrected chi connectivity index (χ0v) is 12.4. The number of benzene rings is 1. The third-order valence-corrected chi connectivity index (χ3v) is 2.87. The standard InChI is InChI=1S/C15H22N2O4/c1-3-8-17-14(18)11(2)16-9-10-21-13-6-4-12(5-7-13)15(19)20/h4-7,11,16H,3,8-10H2,1-2H3,(H,17,18)(H,19,20). The van der Waals surface area contributed by atoms with Crippen LogP contribution in [0.25, 0.3) is 0 Å². The van der Waals surface area contributed by atoms with Crippen molar-refractivity contribution < 1.29 is 19.4 Å². The van der Waals surface area contributed by atoms with E-state index in [4.69, 9.17) is 9.84 Å². The van der Waals surface area contributed by atoms with Crippen LogP contribution in [-0.4, -0.2) is 42.7 Å². The molecular weight excluding hydrogens is 272 g/mol. The summed E-state index contributed by atoms with van der Waals surface area (Å²) >= 11 is 0. The van der Waals surface area contributed by atoms with Crippen LogP contribution in [0.15, 0.2) is 24.3 Å². The van der Waals surface area contributed by atoms with E-state index in [9.17, 15) is 9.59 Å². The number of hydrogen-bond donors (Lipinski definition) is 3. The molecule has 116 valence electrons. The zero-order valence-electron chi connectivity index (χ0n) is 12.4. The van der Waals surface area contributed by atoms with E-state index in [-0.39, 0.29) is 17.5 Å². The first kappa shape index (κ1) is 17.0. The monoisotopic (exact) mass is 294 g/mol. The normalized spacial score (nSPS) is 11.7. The molecule has 0 heterocycles. The number of rotatable bonds is 9. The Morgan fingerprint density at radius 3 is 2.48 bits per heavy atom. The van der Waals surface area contributed by atoms with E-state index in [2.05, 4.69) is 10.6 Å². The highest BCUT2D eigenvalue weighted by molar-refractivity contribution is 5.87. The fraction of sp³-hybridized carbons (Fsp3) is 0.467. The molecule has 0 spiro atoms. The van der Waals surface area contributed by atoms with Crippen molar-refractivity contribution >= 4 is 11.9 Å². The van der Waals surface area contributed by atoms with Gasteiger partial charge in [-0.25, -0.2) is 4.79 Å². The SMILES string of the molecule is CCCNC(=O)C(C)NCCOc1ccc(C(=O)O)cc1. The van der Waals surface area contributed by atoms with Crippen molar-refractivity contribution in [1.29, 1.82) is 0 Å². The predicted octanol–water partition coefficient (Wildman–Crippen LogP) is 1.27. The number of carboxylic acid groups (broad SMARTS) is 1. The largest absolute Gasteiger partial charge is 0.492 e. The van der Waals surface area contributed by atoms with Gasteiger partial charge in [0.15, 0.2) is 0 Å². The molecule has 1 unspecified atom stereocenters. The number of amides is 1. The zero-order chi connectivity index (χ0) is 15.7. The Balaban J connectivity index is 2.24. The van der Waals surface area contributed by atoms with Crippen molar-refractivity contribution in [2.24, 2.45) is 0 Å². The van der Waals surface area contributed by atoms with Crippen LogP contribution in [-0.2, 0) is 4.79 Å². The first-order valence-electron chi connectivity index (χ1n) is 7.01. The van der Waals surface area contributed by atoms with Gasteiger partial charge in [0.25, 0.3) is 0 Å². The lowest BCUT2D eigenvalue weighted by Crippen LogP contribution is -2.43. The molecule has 0 aliphatic heterocycles. The lowest BCUT2D eigenvalue weighted by molar-refractivity contribution is -0.122. The molecule has 0 radical (unpaired) electrons. The summed E-state index contributed by atoms with van der Waals surface area (Å²) in [6.07, 6.45) is 0.911. The maximum atomic E-state index is 11.6. The molecule has 1 atom stereocenters. The van der Waals surface area contributed by atoms with Crippen LogP contribution in [0.2, 0.25) is 0 Å². The lowest BCUT2D eigenvalue weighted by atomic mass is 10.2. The van der Waals surface area contributed by atoms with Crippen molar-refractivity contribution in [3.05, 3.63) is 29.8 Å². The molecule has 0 aromatic heterocycles. The maximum Gasteiger partial charge on any atom is 0.335 e. The van der Waals surface area contributed by atoms with E-state index in [0.717, 1.165) is 6.42 Å². The second-order valence-electron chi connectivity index (χ2n) is 4.64. The Kier molecular flexibility index (Phi) is 7.25. The highest BCUT2D eigenvalue weighted by Crippen LogP contribution is 2.11. The third-order valence-electron chi connectivity index (χ3n) is 2.87. The Morgan fingerprint density at radius 1 is 1.24 bits per heavy atom. The first-order valence-corrected chi connectivity index (χ1v) is 7.01. The topological polar surface area (TPSA) is 87.7 Å². The van der Waals surface area contributed by atoms with Crippen molar-refractivity contribution in [2.45, 2.75) is 26.3 Å². The summed E-state index contributed by atoms with van der Waals surface area (Å²) in [7, 11) is 0. The summed E-state index contributed by atoms with van der Waals surface area (Å²) in [5.41, 5.74) is 0.224. The van der Waals surface area contributed by atoms with Crippen LogP contribution in [0.5, 0.6) is 5.75 Å². The molecule has 1 rings (SSSR count). The molecule has 21 heavy (non-hydrogen) atoms. The van der Waals surface area contributed by atoms with Crippen LogP contribution < -0.4 is 15.4 Å². The Labute approximate surface area is 124 Å². The molecule has 0 saturated carbocycles. The molecule has 0 aliphatic carbocycles. The van der Waals surface area contributed by atoms with Gasteiger partial charge in [-0.1, -0.05) is 6.92 Å². The number of ether oxygens (including phenoxy) is 1. The molecule has 0 saturated heterocycles. The van der Waals surface area contributed by atoms with Gasteiger partial charge in [0.1, 0.15) is 12.4 Å². The maximum absolute atomic E-state index is 11.6. The van der Waals surface area contributed by atoms with Crippen LogP contribution >= 0.6 is 0 Å². The number of carbonyl (C=O) groups excluding carboxylic acids is 1. The molecule has 1 amide bonds. The summed E-state index contributed by atoms with van der Waals surface area (Å²) in [4.78, 5) is 22.3. The van der Waals surface area contributed by atoms with E-state index in [1.165, 1.54) is 12.1 Å². The summed E-state index contributed by atoms with van der Waals surface area (Å²) in [5.74, 6) is -0.386. The molecule has 0 aliphatic rings. The molecule has 0 fully saturated rings. The fourth-order valence-corrected chi connectivity index (χ4v) is 1.63. The number of nitrogens with one attached hydrogen (secondary N) is 2. The van der Waals surface area contributed by atoms with Crippen molar-refractivity contribution in [2.75, 3.05) is 19.7 Å². The first-order chi connectivity index (χ1) is 10.0. The molecule has 1 aromatic rings. The molecule has 6 heteroatoms. The van der Waals surface area contributed by atoms with Gasteiger partial charge in [0.2, 0.25) is 5.91 Å². The summed E-state index contributed by atoms with van der Waals surface area (Å²) in [6.45, 7) is 5.41. The molecule has 0 bridgehead atoms. The average molecular weight is 294 g/mol. The minimum absolute atomic E-state index is 0.0253. The minimum atomic E-state index is -0.963. The predicted molar refractivity (Wildman–Crippen MR) is 79.7 cm³/mol. The van der Waals surface area contributed by atoms with Gasteiger partial charge in [-0.3, -0.25) is 4.79 Å². The number of hydrogen-bond acceptors (Lipinski definition) is 4. The number of aromatic carboxylic acids is 1. The summed E-state index contributed by atoms with van der Waals surface area (Å²) in [6, 6.07) is 5.94. The fourth-order valence-electron chi connectivity index (χ4n) is 1.63. The van der Waals surface area contributed by atoms with Crippen molar-refractivity contribution in [3.8, 4) is 5.75 Å². The van der Waals surface area contributed by atoms with Crippen LogP contribution in [0, 0.1) is 0 Å². The van der Waals surface area contributed by atoms with E-state index in [0.29, 0.717) is 25.4 Å². The van der Waals surface area contributed by atoms with Gasteiger partial charge < -0.3 is 20.5 Å². The minimum Gasteiger partial charge on any atom is -0.492 e. The Morgan fingerprint density at radius 2 is 1.90 bits per heavy atom. The highest BCUT2D eigenvalue weighted by atomic mass is 16.5.